The normalized spacial score (nSPS) is 11.1. The van der Waals surface area contributed by atoms with E-state index in [4.69, 9.17) is 4.74 Å². The van der Waals surface area contributed by atoms with Crippen molar-refractivity contribution in [1.82, 2.24) is 4.57 Å². The largest absolute Gasteiger partial charge is 0.496 e. The molecule has 0 unspecified atom stereocenters. The van der Waals surface area contributed by atoms with Crippen molar-refractivity contribution < 1.29 is 9.53 Å². The predicted molar refractivity (Wildman–Crippen MR) is 79.3 cm³/mol. The third kappa shape index (κ3) is 2.33. The predicted octanol–water partition coefficient (Wildman–Crippen LogP) is 2.31. The van der Waals surface area contributed by atoms with Gasteiger partial charge in [0.25, 0.3) is 5.56 Å². The number of pyridine rings is 1. The molecule has 1 aromatic carbocycles. The average Bonchev–Trinajstić information content (AvgIpc) is 2.44. The number of aryl methyl sites for hydroxylation is 1. The number of hydrogen-bond donors (Lipinski definition) is 0. The van der Waals surface area contributed by atoms with Crippen LogP contribution in [0.1, 0.15) is 19.4 Å². The molecule has 2 aromatic rings. The van der Waals surface area contributed by atoms with Crippen molar-refractivity contribution in [3.8, 4) is 5.75 Å². The fraction of sp³-hybridized carbons (Fsp3) is 0.375. The number of ether oxygens (including phenoxy) is 1. The molecule has 0 atom stereocenters. The zero-order valence-corrected chi connectivity index (χ0v) is 12.3. The molecule has 1 aromatic heterocycles. The van der Waals surface area contributed by atoms with Gasteiger partial charge < -0.3 is 9.30 Å². The maximum atomic E-state index is 12.5. The summed E-state index contributed by atoms with van der Waals surface area (Å²) in [6, 6.07) is 7.54. The fourth-order valence-electron chi connectivity index (χ4n) is 2.30. The SMILES string of the molecule is COc1c(CC(=O)C(C)C)c(=O)n(C)c2ccccc12. The Bertz CT molecular complexity index is 713. The molecule has 2 rings (SSSR count). The number of methoxy groups -OCH3 is 1. The minimum absolute atomic E-state index is 0.0377. The lowest BCUT2D eigenvalue weighted by Gasteiger charge is -2.14. The topological polar surface area (TPSA) is 48.3 Å². The highest BCUT2D eigenvalue weighted by atomic mass is 16.5. The van der Waals surface area contributed by atoms with E-state index < -0.39 is 0 Å². The fourth-order valence-corrected chi connectivity index (χ4v) is 2.30. The summed E-state index contributed by atoms with van der Waals surface area (Å²) < 4.78 is 6.98. The first-order chi connectivity index (χ1) is 9.47. The first-order valence-electron chi connectivity index (χ1n) is 6.64. The van der Waals surface area contributed by atoms with Crippen LogP contribution in [-0.2, 0) is 18.3 Å². The maximum Gasteiger partial charge on any atom is 0.258 e. The summed E-state index contributed by atoms with van der Waals surface area (Å²) >= 11 is 0. The van der Waals surface area contributed by atoms with Gasteiger partial charge in [-0.2, -0.15) is 0 Å². The van der Waals surface area contributed by atoms with Crippen molar-refractivity contribution >= 4 is 16.7 Å². The lowest BCUT2D eigenvalue weighted by molar-refractivity contribution is -0.121. The third-order valence-corrected chi connectivity index (χ3v) is 3.55. The molecular formula is C16H19NO3. The Morgan fingerprint density at radius 1 is 1.30 bits per heavy atom. The van der Waals surface area contributed by atoms with E-state index in [9.17, 15) is 9.59 Å². The van der Waals surface area contributed by atoms with Crippen molar-refractivity contribution in [2.24, 2.45) is 13.0 Å². The Morgan fingerprint density at radius 3 is 2.55 bits per heavy atom. The number of hydrogen-bond acceptors (Lipinski definition) is 3. The van der Waals surface area contributed by atoms with Gasteiger partial charge in [-0.15, -0.1) is 0 Å². The Balaban J connectivity index is 2.73. The molecule has 0 bridgehead atoms. The molecule has 0 spiro atoms. The number of para-hydroxylation sites is 1. The highest BCUT2D eigenvalue weighted by Gasteiger charge is 2.19. The molecule has 0 aliphatic rings. The van der Waals surface area contributed by atoms with E-state index in [1.807, 2.05) is 38.1 Å². The monoisotopic (exact) mass is 273 g/mol. The number of fused-ring (bicyclic) bond motifs is 1. The van der Waals surface area contributed by atoms with Gasteiger partial charge in [0.1, 0.15) is 11.5 Å². The van der Waals surface area contributed by atoms with Crippen LogP contribution in [0.25, 0.3) is 10.9 Å². The number of rotatable bonds is 4. The van der Waals surface area contributed by atoms with Crippen molar-refractivity contribution in [2.75, 3.05) is 7.11 Å². The van der Waals surface area contributed by atoms with E-state index in [2.05, 4.69) is 0 Å². The highest BCUT2D eigenvalue weighted by molar-refractivity contribution is 5.90. The number of carbonyl (C=O) groups excluding carboxylic acids is 1. The Hall–Kier alpha value is -2.10. The Morgan fingerprint density at radius 2 is 1.95 bits per heavy atom. The van der Waals surface area contributed by atoms with Gasteiger partial charge >= 0.3 is 0 Å². The molecule has 0 radical (unpaired) electrons. The molecule has 106 valence electrons. The Kier molecular flexibility index (Phi) is 3.93. The van der Waals surface area contributed by atoms with Crippen molar-refractivity contribution in [3.63, 3.8) is 0 Å². The summed E-state index contributed by atoms with van der Waals surface area (Å²) in [6.07, 6.45) is 0.109. The summed E-state index contributed by atoms with van der Waals surface area (Å²) in [5.74, 6) is 0.448. The summed E-state index contributed by atoms with van der Waals surface area (Å²) in [5, 5.41) is 0.851. The summed E-state index contributed by atoms with van der Waals surface area (Å²) in [5.41, 5.74) is 1.07. The van der Waals surface area contributed by atoms with Gasteiger partial charge in [-0.1, -0.05) is 26.0 Å². The molecular weight excluding hydrogens is 254 g/mol. The van der Waals surface area contributed by atoms with Crippen molar-refractivity contribution in [3.05, 3.63) is 40.2 Å². The van der Waals surface area contributed by atoms with E-state index in [-0.39, 0.29) is 23.7 Å². The quantitative estimate of drug-likeness (QED) is 0.859. The smallest absolute Gasteiger partial charge is 0.258 e. The second-order valence-electron chi connectivity index (χ2n) is 5.19. The van der Waals surface area contributed by atoms with Crippen molar-refractivity contribution in [1.29, 1.82) is 0 Å². The summed E-state index contributed by atoms with van der Waals surface area (Å²) in [7, 11) is 3.25. The second-order valence-corrected chi connectivity index (χ2v) is 5.19. The zero-order chi connectivity index (χ0) is 14.9. The van der Waals surface area contributed by atoms with E-state index in [1.54, 1.807) is 11.6 Å². The number of ketones is 1. The highest BCUT2D eigenvalue weighted by Crippen LogP contribution is 2.27. The van der Waals surface area contributed by atoms with Crippen LogP contribution in [0.15, 0.2) is 29.1 Å². The maximum absolute atomic E-state index is 12.5. The van der Waals surface area contributed by atoms with Gasteiger partial charge in [0.2, 0.25) is 0 Å². The summed E-state index contributed by atoms with van der Waals surface area (Å²) in [6.45, 7) is 3.67. The number of aromatic nitrogens is 1. The van der Waals surface area contributed by atoms with Gasteiger partial charge in [-0.25, -0.2) is 0 Å². The lowest BCUT2D eigenvalue weighted by Crippen LogP contribution is -2.25. The van der Waals surface area contributed by atoms with E-state index in [0.717, 1.165) is 10.9 Å². The molecule has 20 heavy (non-hydrogen) atoms. The van der Waals surface area contributed by atoms with Crippen molar-refractivity contribution in [2.45, 2.75) is 20.3 Å². The average molecular weight is 273 g/mol. The minimum Gasteiger partial charge on any atom is -0.496 e. The third-order valence-electron chi connectivity index (χ3n) is 3.55. The number of carbonyl (C=O) groups is 1. The van der Waals surface area contributed by atoms with Crippen LogP contribution in [0.5, 0.6) is 5.75 Å². The van der Waals surface area contributed by atoms with Gasteiger partial charge in [0, 0.05) is 24.8 Å². The second kappa shape index (κ2) is 5.49. The molecule has 0 aliphatic carbocycles. The first-order valence-corrected chi connectivity index (χ1v) is 6.64. The van der Waals surface area contributed by atoms with Crippen LogP contribution < -0.4 is 10.3 Å². The Labute approximate surface area is 118 Å². The number of Topliss-reactive ketones (excluding diaryl/α,β-unsaturated/α-hetero) is 1. The molecule has 0 saturated heterocycles. The van der Waals surface area contributed by atoms with Gasteiger partial charge in [0.05, 0.1) is 18.2 Å². The summed E-state index contributed by atoms with van der Waals surface area (Å²) in [4.78, 5) is 24.4. The minimum atomic E-state index is -0.172. The number of benzene rings is 1. The molecule has 1 heterocycles. The van der Waals surface area contributed by atoms with Crippen LogP contribution in [0.4, 0.5) is 0 Å². The zero-order valence-electron chi connectivity index (χ0n) is 12.3. The lowest BCUT2D eigenvalue weighted by atomic mass is 9.99. The van der Waals surface area contributed by atoms with Gasteiger partial charge in [-0.05, 0) is 12.1 Å². The standard InChI is InChI=1S/C16H19NO3/c1-10(2)14(18)9-12-15(20-4)11-7-5-6-8-13(11)17(3)16(12)19/h5-8,10H,9H2,1-4H3. The van der Waals surface area contributed by atoms with E-state index in [0.29, 0.717) is 11.3 Å². The molecule has 0 saturated carbocycles. The molecule has 0 fully saturated rings. The molecule has 0 N–H and O–H groups in total. The van der Waals surface area contributed by atoms with Crippen LogP contribution in [0.3, 0.4) is 0 Å². The molecule has 4 nitrogen and oxygen atoms in total. The van der Waals surface area contributed by atoms with Crippen LogP contribution >= 0.6 is 0 Å². The van der Waals surface area contributed by atoms with Crippen LogP contribution in [0, 0.1) is 5.92 Å². The number of nitrogens with zero attached hydrogens (tertiary/aromatic N) is 1. The molecule has 0 amide bonds. The van der Waals surface area contributed by atoms with Crippen LogP contribution in [-0.4, -0.2) is 17.5 Å². The van der Waals surface area contributed by atoms with E-state index in [1.165, 1.54) is 7.11 Å². The van der Waals surface area contributed by atoms with Gasteiger partial charge in [-0.3, -0.25) is 9.59 Å². The first kappa shape index (κ1) is 14.3. The molecule has 4 heteroatoms. The van der Waals surface area contributed by atoms with Crippen LogP contribution in [0.2, 0.25) is 0 Å². The van der Waals surface area contributed by atoms with Gasteiger partial charge in [0.15, 0.2) is 0 Å². The van der Waals surface area contributed by atoms with E-state index >= 15 is 0 Å². The molecule has 0 aliphatic heterocycles.